The summed E-state index contributed by atoms with van der Waals surface area (Å²) < 4.78 is 31.8. The average molecular weight is 384 g/mol. The minimum atomic E-state index is -3.74. The lowest BCUT2D eigenvalue weighted by atomic mass is 9.81. The van der Waals surface area contributed by atoms with Crippen LogP contribution in [-0.2, 0) is 9.53 Å². The molecular weight excluding hydrogens is 362 g/mol. The molecule has 0 radical (unpaired) electrons. The summed E-state index contributed by atoms with van der Waals surface area (Å²) in [7, 11) is 0. The van der Waals surface area contributed by atoms with E-state index in [1.54, 1.807) is 12.1 Å². The second-order valence-corrected chi connectivity index (χ2v) is 7.13. The molecule has 27 heavy (non-hydrogen) atoms. The van der Waals surface area contributed by atoms with Crippen LogP contribution in [0.2, 0.25) is 0 Å². The van der Waals surface area contributed by atoms with Gasteiger partial charge >= 0.3 is 12.0 Å². The summed E-state index contributed by atoms with van der Waals surface area (Å²) in [5, 5.41) is 19.4. The summed E-state index contributed by atoms with van der Waals surface area (Å²) >= 11 is 0. The molecule has 2 amide bonds. The molecule has 4 N–H and O–H groups in total. The van der Waals surface area contributed by atoms with E-state index in [0.29, 0.717) is 18.5 Å². The van der Waals surface area contributed by atoms with Gasteiger partial charge in [0.2, 0.25) is 0 Å². The minimum absolute atomic E-state index is 0.102. The molecular formula is C18H22F2N2O5. The molecule has 2 fully saturated rings. The number of nitrogens with two attached hydrogens (primary N) is 1. The molecule has 3 rings (SSSR count). The predicted molar refractivity (Wildman–Crippen MR) is 91.4 cm³/mol. The number of carbonyl (C=O) groups excluding carboxylic acids is 2. The maximum absolute atomic E-state index is 13.5. The van der Waals surface area contributed by atoms with Gasteiger partial charge in [0.25, 0.3) is 5.91 Å². The number of alkyl halides is 2. The second kappa shape index (κ2) is 7.40. The lowest BCUT2D eigenvalue weighted by molar-refractivity contribution is -0.145. The molecule has 1 aliphatic carbocycles. The number of rotatable bonds is 5. The van der Waals surface area contributed by atoms with Crippen LogP contribution in [0.1, 0.15) is 37.2 Å². The molecule has 1 saturated carbocycles. The number of ether oxygens (including phenoxy) is 1. The van der Waals surface area contributed by atoms with Crippen LogP contribution in [0, 0.1) is 0 Å². The highest BCUT2D eigenvalue weighted by Gasteiger charge is 2.44. The van der Waals surface area contributed by atoms with Gasteiger partial charge in [-0.15, -0.1) is 0 Å². The summed E-state index contributed by atoms with van der Waals surface area (Å²) in [6.45, 7) is -0.102. The number of nitrogens with zero attached hydrogens (tertiary/aromatic N) is 1. The third-order valence-corrected chi connectivity index (χ3v) is 5.18. The highest BCUT2D eigenvalue weighted by atomic mass is 19.3. The number of benzene rings is 1. The number of hydrogen-bond acceptors (Lipinski definition) is 5. The van der Waals surface area contributed by atoms with E-state index in [1.165, 1.54) is 4.90 Å². The van der Waals surface area contributed by atoms with Gasteiger partial charge in [0.05, 0.1) is 25.2 Å². The number of aliphatic hydroxyl groups is 2. The highest BCUT2D eigenvalue weighted by molar-refractivity contribution is 5.90. The van der Waals surface area contributed by atoms with Crippen molar-refractivity contribution >= 4 is 17.7 Å². The van der Waals surface area contributed by atoms with Crippen LogP contribution in [0.15, 0.2) is 24.3 Å². The zero-order chi connectivity index (χ0) is 19.8. The Morgan fingerprint density at radius 3 is 2.48 bits per heavy atom. The number of hydrogen-bond donors (Lipinski definition) is 3. The predicted octanol–water partition coefficient (Wildman–Crippen LogP) is 1.51. The van der Waals surface area contributed by atoms with Crippen LogP contribution in [0.25, 0.3) is 0 Å². The van der Waals surface area contributed by atoms with Crippen molar-refractivity contribution in [2.45, 2.75) is 55.8 Å². The van der Waals surface area contributed by atoms with Crippen LogP contribution in [0.3, 0.4) is 0 Å². The lowest BCUT2D eigenvalue weighted by Crippen LogP contribution is -2.39. The van der Waals surface area contributed by atoms with Crippen LogP contribution in [-0.4, -0.2) is 53.0 Å². The standard InChI is InChI=1S/C18H22F2N2O5/c19-18(20,16(21)25)8-13-9-22(17(26)27-13)12-4-1-10(2-5-12)11-3-6-14(23)15(24)7-11/h1-2,4-5,11,13-15,23-24H,3,6-9H2,(H2,21,25). The Morgan fingerprint density at radius 2 is 1.89 bits per heavy atom. The van der Waals surface area contributed by atoms with Gasteiger partial charge in [-0.05, 0) is 42.9 Å². The van der Waals surface area contributed by atoms with E-state index >= 15 is 0 Å². The summed E-state index contributed by atoms with van der Waals surface area (Å²) in [6, 6.07) is 6.98. The van der Waals surface area contributed by atoms with Crippen molar-refractivity contribution in [1.29, 1.82) is 0 Å². The first kappa shape index (κ1) is 19.5. The zero-order valence-corrected chi connectivity index (χ0v) is 14.6. The van der Waals surface area contributed by atoms with Gasteiger partial charge < -0.3 is 20.7 Å². The van der Waals surface area contributed by atoms with Crippen molar-refractivity contribution in [2.75, 3.05) is 11.4 Å². The molecule has 9 heteroatoms. The Balaban J connectivity index is 1.65. The fourth-order valence-corrected chi connectivity index (χ4v) is 3.59. The van der Waals surface area contributed by atoms with Crippen LogP contribution in [0.4, 0.5) is 19.3 Å². The van der Waals surface area contributed by atoms with Gasteiger partial charge in [0.15, 0.2) is 0 Å². The maximum atomic E-state index is 13.5. The molecule has 1 heterocycles. The van der Waals surface area contributed by atoms with E-state index in [-0.39, 0.29) is 12.5 Å². The van der Waals surface area contributed by atoms with E-state index in [1.807, 2.05) is 12.1 Å². The SMILES string of the molecule is NC(=O)C(F)(F)CC1CN(c2ccc(C3CCC(O)C(O)C3)cc2)C(=O)O1. The minimum Gasteiger partial charge on any atom is -0.444 e. The normalized spacial score (nSPS) is 28.9. The monoisotopic (exact) mass is 384 g/mol. The summed E-state index contributed by atoms with van der Waals surface area (Å²) in [5.74, 6) is -5.39. The molecule has 1 aromatic rings. The van der Waals surface area contributed by atoms with Gasteiger partial charge in [0, 0.05) is 5.69 Å². The lowest BCUT2D eigenvalue weighted by Gasteiger charge is -2.30. The maximum Gasteiger partial charge on any atom is 0.414 e. The largest absolute Gasteiger partial charge is 0.444 e. The second-order valence-electron chi connectivity index (χ2n) is 7.13. The Bertz CT molecular complexity index is 712. The molecule has 0 aromatic heterocycles. The number of carbonyl (C=O) groups is 2. The first-order valence-electron chi connectivity index (χ1n) is 8.79. The van der Waals surface area contributed by atoms with Crippen LogP contribution in [0.5, 0.6) is 0 Å². The first-order valence-corrected chi connectivity index (χ1v) is 8.79. The van der Waals surface area contributed by atoms with Gasteiger partial charge in [-0.3, -0.25) is 9.69 Å². The Kier molecular flexibility index (Phi) is 5.34. The van der Waals surface area contributed by atoms with Crippen molar-refractivity contribution in [1.82, 2.24) is 0 Å². The molecule has 0 bridgehead atoms. The number of cyclic esters (lactones) is 1. The van der Waals surface area contributed by atoms with Gasteiger partial charge in [-0.2, -0.15) is 8.78 Å². The number of halogens is 2. The third kappa shape index (κ3) is 4.19. The molecule has 2 aliphatic rings. The zero-order valence-electron chi connectivity index (χ0n) is 14.6. The van der Waals surface area contributed by atoms with E-state index < -0.39 is 42.7 Å². The Morgan fingerprint density at radius 1 is 1.22 bits per heavy atom. The van der Waals surface area contributed by atoms with Crippen molar-refractivity contribution in [2.24, 2.45) is 5.73 Å². The molecule has 4 unspecified atom stereocenters. The number of aliphatic hydroxyl groups excluding tert-OH is 2. The Hall–Kier alpha value is -2.26. The average Bonchev–Trinajstić information content (AvgIpc) is 2.97. The van der Waals surface area contributed by atoms with Crippen LogP contribution < -0.4 is 10.6 Å². The number of amides is 2. The fraction of sp³-hybridized carbons (Fsp3) is 0.556. The third-order valence-electron chi connectivity index (χ3n) is 5.18. The van der Waals surface area contributed by atoms with E-state index in [2.05, 4.69) is 5.73 Å². The smallest absolute Gasteiger partial charge is 0.414 e. The van der Waals surface area contributed by atoms with Gasteiger partial charge in [0.1, 0.15) is 6.10 Å². The van der Waals surface area contributed by atoms with Crippen molar-refractivity contribution in [3.05, 3.63) is 29.8 Å². The molecule has 148 valence electrons. The molecule has 7 nitrogen and oxygen atoms in total. The van der Waals surface area contributed by atoms with Crippen molar-refractivity contribution in [3.8, 4) is 0 Å². The van der Waals surface area contributed by atoms with E-state index in [0.717, 1.165) is 12.0 Å². The molecule has 1 aliphatic heterocycles. The molecule has 4 atom stereocenters. The van der Waals surface area contributed by atoms with E-state index in [9.17, 15) is 28.6 Å². The quantitative estimate of drug-likeness (QED) is 0.712. The Labute approximate surface area is 154 Å². The summed E-state index contributed by atoms with van der Waals surface area (Å²) in [6.07, 6.45) is -2.59. The van der Waals surface area contributed by atoms with Crippen LogP contribution >= 0.6 is 0 Å². The van der Waals surface area contributed by atoms with Gasteiger partial charge in [-0.1, -0.05) is 12.1 Å². The number of primary amides is 1. The van der Waals surface area contributed by atoms with Gasteiger partial charge in [-0.25, -0.2) is 4.79 Å². The topological polar surface area (TPSA) is 113 Å². The fourth-order valence-electron chi connectivity index (χ4n) is 3.59. The molecule has 0 spiro atoms. The highest BCUT2D eigenvalue weighted by Crippen LogP contribution is 2.35. The van der Waals surface area contributed by atoms with Crippen molar-refractivity contribution in [3.63, 3.8) is 0 Å². The van der Waals surface area contributed by atoms with Crippen molar-refractivity contribution < 1.29 is 33.3 Å². The van der Waals surface area contributed by atoms with E-state index in [4.69, 9.17) is 4.74 Å². The first-order chi connectivity index (χ1) is 12.7. The number of anilines is 1. The summed E-state index contributed by atoms with van der Waals surface area (Å²) in [4.78, 5) is 24.0. The summed E-state index contributed by atoms with van der Waals surface area (Å²) in [5.41, 5.74) is 6.12. The molecule has 1 saturated heterocycles. The molecule has 1 aromatic carbocycles.